The molecule has 1 aliphatic heterocycles. The molecule has 0 spiro atoms. The summed E-state index contributed by atoms with van der Waals surface area (Å²) < 4.78 is 27.5. The van der Waals surface area contributed by atoms with Gasteiger partial charge in [-0.2, -0.15) is 12.7 Å². The van der Waals surface area contributed by atoms with Gasteiger partial charge in [0.15, 0.2) is 0 Å². The molecule has 1 aliphatic rings. The molecule has 1 fully saturated rings. The number of hydrogen-bond acceptors (Lipinski definition) is 3. The zero-order valence-electron chi connectivity index (χ0n) is 10.1. The fourth-order valence-corrected chi connectivity index (χ4v) is 3.20. The van der Waals surface area contributed by atoms with E-state index < -0.39 is 10.2 Å². The Labute approximate surface area is 104 Å². The van der Waals surface area contributed by atoms with E-state index in [0.717, 1.165) is 6.42 Å². The molecule has 1 heterocycles. The van der Waals surface area contributed by atoms with Gasteiger partial charge in [-0.3, -0.25) is 0 Å². The Kier molecular flexibility index (Phi) is 5.68. The van der Waals surface area contributed by atoms with E-state index >= 15 is 0 Å². The molecule has 7 heteroatoms. The third kappa shape index (κ3) is 3.56. The van der Waals surface area contributed by atoms with Crippen LogP contribution in [0.15, 0.2) is 0 Å². The third-order valence-corrected chi connectivity index (χ3v) is 4.59. The number of piperidine rings is 1. The van der Waals surface area contributed by atoms with Crippen LogP contribution >= 0.6 is 12.4 Å². The van der Waals surface area contributed by atoms with Gasteiger partial charge in [-0.25, -0.2) is 4.72 Å². The van der Waals surface area contributed by atoms with E-state index in [9.17, 15) is 8.42 Å². The lowest BCUT2D eigenvalue weighted by Crippen LogP contribution is -2.56. The minimum Gasteiger partial charge on any atom is -0.327 e. The summed E-state index contributed by atoms with van der Waals surface area (Å²) in [4.78, 5) is 0. The molecule has 1 atom stereocenters. The summed E-state index contributed by atoms with van der Waals surface area (Å²) >= 11 is 0. The molecule has 98 valence electrons. The summed E-state index contributed by atoms with van der Waals surface area (Å²) in [6, 6.07) is 0.0746. The highest BCUT2D eigenvalue weighted by atomic mass is 35.5. The average Bonchev–Trinajstić information content (AvgIpc) is 2.09. The first-order chi connectivity index (χ1) is 6.79. The average molecular weight is 272 g/mol. The number of nitrogens with one attached hydrogen (secondary N) is 1. The third-order valence-electron chi connectivity index (χ3n) is 2.94. The standard InChI is InChI=1S/C9H21N3O2S.ClH/c1-4-11-15(13,14)12-6-5-8(10)9(2,3)7-12;/h8,11H,4-7,10H2,1-3H3;1H. The molecular formula is C9H22ClN3O2S. The Hall–Kier alpha value is 0.120. The molecule has 1 rings (SSSR count). The maximum absolute atomic E-state index is 11.8. The monoisotopic (exact) mass is 271 g/mol. The second-order valence-electron chi connectivity index (χ2n) is 4.72. The minimum absolute atomic E-state index is 0. The van der Waals surface area contributed by atoms with Gasteiger partial charge >= 0.3 is 0 Å². The van der Waals surface area contributed by atoms with Crippen LogP contribution in [-0.4, -0.2) is 38.4 Å². The van der Waals surface area contributed by atoms with Gasteiger partial charge in [0.1, 0.15) is 0 Å². The number of nitrogens with zero attached hydrogens (tertiary/aromatic N) is 1. The van der Waals surface area contributed by atoms with Crippen LogP contribution in [0.1, 0.15) is 27.2 Å². The molecule has 5 nitrogen and oxygen atoms in total. The van der Waals surface area contributed by atoms with Crippen LogP contribution in [0.2, 0.25) is 0 Å². The molecule has 0 amide bonds. The van der Waals surface area contributed by atoms with E-state index in [-0.39, 0.29) is 23.9 Å². The predicted molar refractivity (Wildman–Crippen MR) is 67.8 cm³/mol. The first-order valence-electron chi connectivity index (χ1n) is 5.30. The molecule has 16 heavy (non-hydrogen) atoms. The van der Waals surface area contributed by atoms with Crippen LogP contribution in [-0.2, 0) is 10.2 Å². The number of nitrogens with two attached hydrogens (primary N) is 1. The van der Waals surface area contributed by atoms with Crippen molar-refractivity contribution in [3.63, 3.8) is 0 Å². The molecule has 0 saturated carbocycles. The number of hydrogen-bond donors (Lipinski definition) is 2. The molecule has 1 saturated heterocycles. The molecule has 0 radical (unpaired) electrons. The largest absolute Gasteiger partial charge is 0.327 e. The van der Waals surface area contributed by atoms with Crippen molar-refractivity contribution in [1.29, 1.82) is 0 Å². The Bertz CT molecular complexity index is 319. The van der Waals surface area contributed by atoms with Crippen molar-refractivity contribution in [2.75, 3.05) is 19.6 Å². The van der Waals surface area contributed by atoms with Crippen LogP contribution in [0.3, 0.4) is 0 Å². The molecule has 0 bridgehead atoms. The van der Waals surface area contributed by atoms with Crippen molar-refractivity contribution in [3.8, 4) is 0 Å². The fourth-order valence-electron chi connectivity index (χ4n) is 1.80. The Balaban J connectivity index is 0.00000225. The maximum Gasteiger partial charge on any atom is 0.279 e. The van der Waals surface area contributed by atoms with Gasteiger partial charge in [0.2, 0.25) is 0 Å². The first kappa shape index (κ1) is 16.1. The Morgan fingerprint density at radius 2 is 2.06 bits per heavy atom. The van der Waals surface area contributed by atoms with Crippen molar-refractivity contribution in [3.05, 3.63) is 0 Å². The quantitative estimate of drug-likeness (QED) is 0.776. The lowest BCUT2D eigenvalue weighted by atomic mass is 9.81. The minimum atomic E-state index is -3.30. The van der Waals surface area contributed by atoms with E-state index in [1.165, 1.54) is 4.31 Å². The highest BCUT2D eigenvalue weighted by Crippen LogP contribution is 2.28. The number of halogens is 1. The van der Waals surface area contributed by atoms with Gasteiger partial charge in [0.25, 0.3) is 10.2 Å². The molecule has 0 aromatic rings. The molecule has 0 aromatic heterocycles. The predicted octanol–water partition coefficient (Wildman–Crippen LogP) is 0.322. The van der Waals surface area contributed by atoms with Crippen molar-refractivity contribution in [1.82, 2.24) is 9.03 Å². The van der Waals surface area contributed by atoms with Crippen LogP contribution in [0.25, 0.3) is 0 Å². The highest BCUT2D eigenvalue weighted by molar-refractivity contribution is 7.87. The lowest BCUT2D eigenvalue weighted by molar-refractivity contribution is 0.154. The van der Waals surface area contributed by atoms with Crippen molar-refractivity contribution < 1.29 is 8.42 Å². The maximum atomic E-state index is 11.8. The highest BCUT2D eigenvalue weighted by Gasteiger charge is 2.37. The van der Waals surface area contributed by atoms with E-state index in [1.807, 2.05) is 13.8 Å². The van der Waals surface area contributed by atoms with Gasteiger partial charge in [-0.05, 0) is 11.8 Å². The van der Waals surface area contributed by atoms with Crippen molar-refractivity contribution >= 4 is 22.6 Å². The number of rotatable bonds is 3. The smallest absolute Gasteiger partial charge is 0.279 e. The van der Waals surface area contributed by atoms with Gasteiger partial charge in [0.05, 0.1) is 0 Å². The van der Waals surface area contributed by atoms with E-state index in [0.29, 0.717) is 19.6 Å². The Morgan fingerprint density at radius 3 is 2.50 bits per heavy atom. The molecule has 0 aromatic carbocycles. The van der Waals surface area contributed by atoms with Crippen LogP contribution in [0.5, 0.6) is 0 Å². The van der Waals surface area contributed by atoms with Crippen LogP contribution < -0.4 is 10.5 Å². The summed E-state index contributed by atoms with van der Waals surface area (Å²) in [6.07, 6.45) is 0.720. The van der Waals surface area contributed by atoms with E-state index in [4.69, 9.17) is 5.73 Å². The van der Waals surface area contributed by atoms with Gasteiger partial charge in [0, 0.05) is 25.7 Å². The molecule has 0 aliphatic carbocycles. The topological polar surface area (TPSA) is 75.4 Å². The molecular weight excluding hydrogens is 250 g/mol. The van der Waals surface area contributed by atoms with Crippen molar-refractivity contribution in [2.45, 2.75) is 33.2 Å². The van der Waals surface area contributed by atoms with E-state index in [2.05, 4.69) is 4.72 Å². The summed E-state index contributed by atoms with van der Waals surface area (Å²) in [5.74, 6) is 0. The summed E-state index contributed by atoms with van der Waals surface area (Å²) in [5.41, 5.74) is 5.80. The zero-order valence-corrected chi connectivity index (χ0v) is 11.7. The second kappa shape index (κ2) is 5.64. The summed E-state index contributed by atoms with van der Waals surface area (Å²) in [5, 5.41) is 0. The molecule has 1 unspecified atom stereocenters. The Morgan fingerprint density at radius 1 is 1.50 bits per heavy atom. The second-order valence-corrected chi connectivity index (χ2v) is 6.48. The lowest BCUT2D eigenvalue weighted by Gasteiger charge is -2.41. The van der Waals surface area contributed by atoms with Crippen LogP contribution in [0.4, 0.5) is 0 Å². The summed E-state index contributed by atoms with van der Waals surface area (Å²) in [6.45, 7) is 7.21. The zero-order chi connectivity index (χ0) is 11.7. The SMILES string of the molecule is CCNS(=O)(=O)N1CCC(N)C(C)(C)C1.Cl. The van der Waals surface area contributed by atoms with Gasteiger partial charge in [-0.1, -0.05) is 20.8 Å². The fraction of sp³-hybridized carbons (Fsp3) is 1.00. The van der Waals surface area contributed by atoms with Gasteiger partial charge < -0.3 is 5.73 Å². The summed E-state index contributed by atoms with van der Waals surface area (Å²) in [7, 11) is -3.30. The van der Waals surface area contributed by atoms with Crippen molar-refractivity contribution in [2.24, 2.45) is 11.1 Å². The normalized spacial score (nSPS) is 26.1. The van der Waals surface area contributed by atoms with E-state index in [1.54, 1.807) is 6.92 Å². The first-order valence-corrected chi connectivity index (χ1v) is 6.74. The van der Waals surface area contributed by atoms with Crippen LogP contribution in [0, 0.1) is 5.41 Å². The van der Waals surface area contributed by atoms with Gasteiger partial charge in [-0.15, -0.1) is 12.4 Å². The molecule has 3 N–H and O–H groups in total.